The number of nitrogen functional groups attached to an aromatic ring is 1. The SMILES string of the molecule is Nc1ccc(N2CCN(Cc3cncc(F)c3)CC2)cn1. The molecule has 3 rings (SSSR count). The number of pyridine rings is 2. The molecule has 6 heteroatoms. The van der Waals surface area contributed by atoms with Crippen LogP contribution in [0.3, 0.4) is 0 Å². The van der Waals surface area contributed by atoms with Crippen molar-refractivity contribution in [1.82, 2.24) is 14.9 Å². The Morgan fingerprint density at radius 2 is 1.90 bits per heavy atom. The average molecular weight is 287 g/mol. The van der Waals surface area contributed by atoms with E-state index in [1.54, 1.807) is 12.3 Å². The van der Waals surface area contributed by atoms with Crippen molar-refractivity contribution in [2.45, 2.75) is 6.54 Å². The third-order valence-corrected chi connectivity index (χ3v) is 3.68. The van der Waals surface area contributed by atoms with E-state index in [0.29, 0.717) is 5.82 Å². The summed E-state index contributed by atoms with van der Waals surface area (Å²) in [5.74, 6) is 0.259. The minimum absolute atomic E-state index is 0.279. The second-order valence-electron chi connectivity index (χ2n) is 5.22. The van der Waals surface area contributed by atoms with E-state index in [9.17, 15) is 4.39 Å². The van der Waals surface area contributed by atoms with Crippen LogP contribution < -0.4 is 10.6 Å². The molecule has 2 aromatic heterocycles. The number of rotatable bonds is 3. The fourth-order valence-electron chi connectivity index (χ4n) is 2.55. The third-order valence-electron chi connectivity index (χ3n) is 3.68. The van der Waals surface area contributed by atoms with Crippen molar-refractivity contribution in [3.05, 3.63) is 48.2 Å². The van der Waals surface area contributed by atoms with E-state index in [2.05, 4.69) is 19.8 Å². The topological polar surface area (TPSA) is 58.3 Å². The maximum atomic E-state index is 13.1. The fraction of sp³-hybridized carbons (Fsp3) is 0.333. The van der Waals surface area contributed by atoms with Gasteiger partial charge in [0.15, 0.2) is 0 Å². The minimum atomic E-state index is -0.279. The van der Waals surface area contributed by atoms with Crippen molar-refractivity contribution in [2.24, 2.45) is 0 Å². The van der Waals surface area contributed by atoms with Crippen molar-refractivity contribution in [3.8, 4) is 0 Å². The molecule has 3 heterocycles. The lowest BCUT2D eigenvalue weighted by Crippen LogP contribution is -2.46. The molecule has 0 bridgehead atoms. The molecule has 0 radical (unpaired) electrons. The summed E-state index contributed by atoms with van der Waals surface area (Å²) in [6.45, 7) is 4.45. The normalized spacial score (nSPS) is 16.1. The average Bonchev–Trinajstić information content (AvgIpc) is 2.49. The molecule has 1 aliphatic rings. The summed E-state index contributed by atoms with van der Waals surface area (Å²) in [6, 6.07) is 5.36. The van der Waals surface area contributed by atoms with Crippen LogP contribution in [-0.4, -0.2) is 41.0 Å². The molecule has 1 aliphatic heterocycles. The maximum absolute atomic E-state index is 13.1. The Morgan fingerprint density at radius 3 is 2.57 bits per heavy atom. The first-order valence-corrected chi connectivity index (χ1v) is 6.99. The van der Waals surface area contributed by atoms with Gasteiger partial charge >= 0.3 is 0 Å². The first-order valence-electron chi connectivity index (χ1n) is 6.99. The van der Waals surface area contributed by atoms with Gasteiger partial charge in [-0.1, -0.05) is 0 Å². The highest BCUT2D eigenvalue weighted by Gasteiger charge is 2.17. The van der Waals surface area contributed by atoms with Crippen LogP contribution in [0.4, 0.5) is 15.9 Å². The van der Waals surface area contributed by atoms with E-state index in [1.807, 2.05) is 18.3 Å². The van der Waals surface area contributed by atoms with E-state index in [0.717, 1.165) is 44.0 Å². The first kappa shape index (κ1) is 13.8. The van der Waals surface area contributed by atoms with Gasteiger partial charge in [0.2, 0.25) is 0 Å². The highest BCUT2D eigenvalue weighted by Crippen LogP contribution is 2.17. The fourth-order valence-corrected chi connectivity index (χ4v) is 2.55. The van der Waals surface area contributed by atoms with Gasteiger partial charge < -0.3 is 10.6 Å². The molecular formula is C15H18FN5. The van der Waals surface area contributed by atoms with Crippen molar-refractivity contribution < 1.29 is 4.39 Å². The molecule has 0 aromatic carbocycles. The largest absolute Gasteiger partial charge is 0.384 e. The summed E-state index contributed by atoms with van der Waals surface area (Å²) in [5.41, 5.74) is 7.61. The maximum Gasteiger partial charge on any atom is 0.141 e. The third kappa shape index (κ3) is 3.46. The predicted molar refractivity (Wildman–Crippen MR) is 80.3 cm³/mol. The second-order valence-corrected chi connectivity index (χ2v) is 5.22. The van der Waals surface area contributed by atoms with Crippen molar-refractivity contribution in [2.75, 3.05) is 36.8 Å². The number of anilines is 2. The molecule has 2 N–H and O–H groups in total. The van der Waals surface area contributed by atoms with Crippen molar-refractivity contribution >= 4 is 11.5 Å². The molecule has 1 fully saturated rings. The summed E-state index contributed by atoms with van der Waals surface area (Å²) < 4.78 is 13.1. The zero-order chi connectivity index (χ0) is 14.7. The molecule has 2 aromatic rings. The Kier molecular flexibility index (Phi) is 3.96. The van der Waals surface area contributed by atoms with Gasteiger partial charge in [-0.2, -0.15) is 0 Å². The zero-order valence-electron chi connectivity index (χ0n) is 11.7. The minimum Gasteiger partial charge on any atom is -0.384 e. The molecular weight excluding hydrogens is 269 g/mol. The Bertz CT molecular complexity index is 593. The van der Waals surface area contributed by atoms with Gasteiger partial charge in [-0.15, -0.1) is 0 Å². The van der Waals surface area contributed by atoms with Crippen molar-refractivity contribution in [3.63, 3.8) is 0 Å². The molecule has 0 amide bonds. The quantitative estimate of drug-likeness (QED) is 0.927. The Balaban J connectivity index is 1.56. The molecule has 0 unspecified atom stereocenters. The molecule has 0 saturated carbocycles. The summed E-state index contributed by atoms with van der Waals surface area (Å²) in [5, 5.41) is 0. The van der Waals surface area contributed by atoms with Crippen LogP contribution >= 0.6 is 0 Å². The van der Waals surface area contributed by atoms with Gasteiger partial charge in [0.05, 0.1) is 18.1 Å². The van der Waals surface area contributed by atoms with E-state index in [-0.39, 0.29) is 5.82 Å². The standard InChI is InChI=1S/C15H18FN5/c16-13-7-12(8-18-9-13)11-20-3-5-21(6-4-20)14-1-2-15(17)19-10-14/h1-2,7-10H,3-6,11H2,(H2,17,19). The number of hydrogen-bond donors (Lipinski definition) is 1. The lowest BCUT2D eigenvalue weighted by Gasteiger charge is -2.35. The predicted octanol–water partition coefficient (Wildman–Crippen LogP) is 1.52. The number of nitrogens with zero attached hydrogens (tertiary/aromatic N) is 4. The number of halogens is 1. The Morgan fingerprint density at radius 1 is 1.10 bits per heavy atom. The van der Waals surface area contributed by atoms with Gasteiger partial charge in [-0.3, -0.25) is 9.88 Å². The monoisotopic (exact) mass is 287 g/mol. The summed E-state index contributed by atoms with van der Waals surface area (Å²) >= 11 is 0. The van der Waals surface area contributed by atoms with E-state index in [1.165, 1.54) is 6.20 Å². The number of aromatic nitrogens is 2. The Labute approximate surface area is 123 Å². The highest BCUT2D eigenvalue weighted by molar-refractivity contribution is 5.48. The van der Waals surface area contributed by atoms with Crippen LogP contribution in [-0.2, 0) is 6.54 Å². The van der Waals surface area contributed by atoms with Gasteiger partial charge in [-0.05, 0) is 23.8 Å². The number of nitrogens with two attached hydrogens (primary N) is 1. The van der Waals surface area contributed by atoms with Crippen LogP contribution in [0.2, 0.25) is 0 Å². The molecule has 0 aliphatic carbocycles. The van der Waals surface area contributed by atoms with E-state index in [4.69, 9.17) is 5.73 Å². The summed E-state index contributed by atoms with van der Waals surface area (Å²) in [7, 11) is 0. The van der Waals surface area contributed by atoms with Crippen LogP contribution in [0.15, 0.2) is 36.8 Å². The zero-order valence-corrected chi connectivity index (χ0v) is 11.7. The van der Waals surface area contributed by atoms with Gasteiger partial charge in [0.1, 0.15) is 11.6 Å². The van der Waals surface area contributed by atoms with E-state index >= 15 is 0 Å². The van der Waals surface area contributed by atoms with Gasteiger partial charge in [0, 0.05) is 38.9 Å². The molecule has 5 nitrogen and oxygen atoms in total. The number of piperazine rings is 1. The Hall–Kier alpha value is -2.21. The lowest BCUT2D eigenvalue weighted by molar-refractivity contribution is 0.249. The summed E-state index contributed by atoms with van der Waals surface area (Å²) in [6.07, 6.45) is 4.76. The molecule has 1 saturated heterocycles. The van der Waals surface area contributed by atoms with Crippen molar-refractivity contribution in [1.29, 1.82) is 0 Å². The molecule has 110 valence electrons. The second kappa shape index (κ2) is 6.05. The van der Waals surface area contributed by atoms with Gasteiger partial charge in [-0.25, -0.2) is 9.37 Å². The van der Waals surface area contributed by atoms with Crippen LogP contribution in [0, 0.1) is 5.82 Å². The molecule has 0 atom stereocenters. The van der Waals surface area contributed by atoms with Crippen LogP contribution in [0.1, 0.15) is 5.56 Å². The molecule has 0 spiro atoms. The van der Waals surface area contributed by atoms with E-state index < -0.39 is 0 Å². The smallest absolute Gasteiger partial charge is 0.141 e. The van der Waals surface area contributed by atoms with Crippen LogP contribution in [0.5, 0.6) is 0 Å². The highest BCUT2D eigenvalue weighted by atomic mass is 19.1. The van der Waals surface area contributed by atoms with Gasteiger partial charge in [0.25, 0.3) is 0 Å². The van der Waals surface area contributed by atoms with Crippen LogP contribution in [0.25, 0.3) is 0 Å². The lowest BCUT2D eigenvalue weighted by atomic mass is 10.2. The first-order chi connectivity index (χ1) is 10.2. The number of hydrogen-bond acceptors (Lipinski definition) is 5. The summed E-state index contributed by atoms with van der Waals surface area (Å²) in [4.78, 5) is 12.6. The molecule has 21 heavy (non-hydrogen) atoms.